The Morgan fingerprint density at radius 2 is 2.10 bits per heavy atom. The van der Waals surface area contributed by atoms with Crippen LogP contribution in [-0.2, 0) is 16.6 Å². The first-order valence-corrected chi connectivity index (χ1v) is 9.93. The molecule has 0 saturated heterocycles. The summed E-state index contributed by atoms with van der Waals surface area (Å²) < 4.78 is 27.5. The number of aromatic nitrogens is 1. The summed E-state index contributed by atoms with van der Waals surface area (Å²) in [5.74, 6) is 0.282. The minimum Gasteiger partial charge on any atom is -0.312 e. The number of sulfonamides is 1. The maximum Gasteiger partial charge on any atom is 0.264 e. The molecule has 0 aliphatic rings. The number of thiophene rings is 1. The number of nitrogens with zero attached hydrogens (tertiary/aromatic N) is 1. The van der Waals surface area contributed by atoms with Gasteiger partial charge in [0.15, 0.2) is 5.13 Å². The van der Waals surface area contributed by atoms with E-state index in [1.807, 2.05) is 26.2 Å². The Kier molecular flexibility index (Phi) is 5.37. The third kappa shape index (κ3) is 4.03. The first kappa shape index (κ1) is 16.4. The minimum absolute atomic E-state index is 0.282. The molecule has 0 spiro atoms. The molecule has 2 N–H and O–H groups in total. The van der Waals surface area contributed by atoms with Gasteiger partial charge in [-0.05, 0) is 23.9 Å². The van der Waals surface area contributed by atoms with Gasteiger partial charge < -0.3 is 5.32 Å². The van der Waals surface area contributed by atoms with Gasteiger partial charge in [-0.1, -0.05) is 20.8 Å². The molecule has 0 aliphatic carbocycles. The van der Waals surface area contributed by atoms with E-state index in [1.54, 1.807) is 11.4 Å². The molecule has 8 heteroatoms. The van der Waals surface area contributed by atoms with E-state index >= 15 is 0 Å². The molecule has 2 aromatic heterocycles. The van der Waals surface area contributed by atoms with Crippen LogP contribution in [0.3, 0.4) is 0 Å². The number of hydrogen-bond acceptors (Lipinski definition) is 6. The second kappa shape index (κ2) is 6.87. The molecule has 0 atom stereocenters. The van der Waals surface area contributed by atoms with Crippen LogP contribution in [0.15, 0.2) is 21.7 Å². The molecular weight excluding hydrogens is 326 g/mol. The smallest absolute Gasteiger partial charge is 0.264 e. The summed E-state index contributed by atoms with van der Waals surface area (Å²) in [6.07, 6.45) is 0. The van der Waals surface area contributed by atoms with Gasteiger partial charge in [-0.2, -0.15) is 0 Å². The van der Waals surface area contributed by atoms with Gasteiger partial charge in [-0.15, -0.1) is 22.7 Å². The fraction of sp³-hybridized carbons (Fsp3) is 0.462. The first-order chi connectivity index (χ1) is 9.94. The minimum atomic E-state index is -3.58. The van der Waals surface area contributed by atoms with Crippen LogP contribution in [0.5, 0.6) is 0 Å². The Bertz CT molecular complexity index is 689. The summed E-state index contributed by atoms with van der Waals surface area (Å²) in [6.45, 7) is 7.40. The Labute approximate surface area is 133 Å². The molecule has 2 heterocycles. The molecule has 0 fully saturated rings. The Hall–Kier alpha value is -0.960. The van der Waals surface area contributed by atoms with Crippen molar-refractivity contribution in [3.63, 3.8) is 0 Å². The van der Waals surface area contributed by atoms with Crippen molar-refractivity contribution in [2.75, 3.05) is 11.3 Å². The van der Waals surface area contributed by atoms with E-state index in [2.05, 4.69) is 15.0 Å². The van der Waals surface area contributed by atoms with Gasteiger partial charge in [0.1, 0.15) is 4.90 Å². The molecule has 0 saturated carbocycles. The number of hydrogen-bond donors (Lipinski definition) is 2. The molecule has 116 valence electrons. The Balaban J connectivity index is 2.19. The molecule has 0 aromatic carbocycles. The summed E-state index contributed by atoms with van der Waals surface area (Å²) in [7, 11) is -3.58. The summed E-state index contributed by atoms with van der Waals surface area (Å²) in [5, 5.41) is 7.25. The molecule has 5 nitrogen and oxygen atoms in total. The van der Waals surface area contributed by atoms with Crippen LogP contribution in [0.4, 0.5) is 5.13 Å². The SMILES string of the molecule is CCNCc1sccc1S(=O)(=O)Nc1nc(C(C)C)cs1. The van der Waals surface area contributed by atoms with Crippen molar-refractivity contribution in [1.29, 1.82) is 0 Å². The van der Waals surface area contributed by atoms with Crippen molar-refractivity contribution in [3.05, 3.63) is 27.4 Å². The van der Waals surface area contributed by atoms with Crippen molar-refractivity contribution in [2.24, 2.45) is 0 Å². The van der Waals surface area contributed by atoms with Crippen molar-refractivity contribution >= 4 is 37.8 Å². The fourth-order valence-electron chi connectivity index (χ4n) is 1.70. The highest BCUT2D eigenvalue weighted by molar-refractivity contribution is 7.93. The fourth-order valence-corrected chi connectivity index (χ4v) is 5.24. The summed E-state index contributed by atoms with van der Waals surface area (Å²) in [5.41, 5.74) is 0.899. The predicted octanol–water partition coefficient (Wildman–Crippen LogP) is 3.24. The molecule has 21 heavy (non-hydrogen) atoms. The van der Waals surface area contributed by atoms with Crippen molar-refractivity contribution in [1.82, 2.24) is 10.3 Å². The van der Waals surface area contributed by atoms with Gasteiger partial charge >= 0.3 is 0 Å². The third-order valence-electron chi connectivity index (χ3n) is 2.86. The molecule has 0 aliphatic heterocycles. The average molecular weight is 346 g/mol. The van der Waals surface area contributed by atoms with E-state index < -0.39 is 10.0 Å². The predicted molar refractivity (Wildman–Crippen MR) is 88.7 cm³/mol. The Morgan fingerprint density at radius 1 is 1.33 bits per heavy atom. The lowest BCUT2D eigenvalue weighted by molar-refractivity contribution is 0.599. The van der Waals surface area contributed by atoms with Crippen LogP contribution >= 0.6 is 22.7 Å². The summed E-state index contributed by atoms with van der Waals surface area (Å²) in [6, 6.07) is 1.64. The van der Waals surface area contributed by atoms with Crippen LogP contribution in [0.1, 0.15) is 37.3 Å². The van der Waals surface area contributed by atoms with Gasteiger partial charge in [-0.3, -0.25) is 4.72 Å². The summed E-state index contributed by atoms with van der Waals surface area (Å²) >= 11 is 2.75. The molecule has 0 bridgehead atoms. The second-order valence-electron chi connectivity index (χ2n) is 4.83. The van der Waals surface area contributed by atoms with Crippen molar-refractivity contribution < 1.29 is 8.42 Å². The van der Waals surface area contributed by atoms with E-state index in [4.69, 9.17) is 0 Å². The zero-order chi connectivity index (χ0) is 15.5. The van der Waals surface area contributed by atoms with E-state index in [9.17, 15) is 8.42 Å². The van der Waals surface area contributed by atoms with Crippen LogP contribution in [0.2, 0.25) is 0 Å². The van der Waals surface area contributed by atoms with Gasteiger partial charge in [-0.25, -0.2) is 13.4 Å². The van der Waals surface area contributed by atoms with Gasteiger partial charge in [0, 0.05) is 16.8 Å². The normalized spacial score (nSPS) is 12.0. The zero-order valence-electron chi connectivity index (χ0n) is 12.2. The standard InChI is InChI=1S/C13H19N3O2S3/c1-4-14-7-11-12(5-6-19-11)21(17,18)16-13-15-10(8-20-13)9(2)3/h5-6,8-9,14H,4,7H2,1-3H3,(H,15,16). The van der Waals surface area contributed by atoms with Crippen molar-refractivity contribution in [3.8, 4) is 0 Å². The molecule has 0 radical (unpaired) electrons. The van der Waals surface area contributed by atoms with E-state index in [0.717, 1.165) is 17.1 Å². The van der Waals surface area contributed by atoms with Crippen LogP contribution in [-0.4, -0.2) is 19.9 Å². The van der Waals surface area contributed by atoms with Crippen LogP contribution in [0.25, 0.3) is 0 Å². The summed E-state index contributed by atoms with van der Waals surface area (Å²) in [4.78, 5) is 5.45. The highest BCUT2D eigenvalue weighted by Gasteiger charge is 2.21. The Morgan fingerprint density at radius 3 is 2.71 bits per heavy atom. The number of thiazole rings is 1. The molecule has 2 aromatic rings. The van der Waals surface area contributed by atoms with Crippen LogP contribution < -0.4 is 10.0 Å². The van der Waals surface area contributed by atoms with E-state index in [1.165, 1.54) is 22.7 Å². The maximum absolute atomic E-state index is 12.5. The first-order valence-electron chi connectivity index (χ1n) is 6.69. The van der Waals surface area contributed by atoms with Gasteiger partial charge in [0.2, 0.25) is 0 Å². The third-order valence-corrected chi connectivity index (χ3v) is 6.24. The van der Waals surface area contributed by atoms with Crippen LogP contribution in [0, 0.1) is 0 Å². The molecule has 2 rings (SSSR count). The lowest BCUT2D eigenvalue weighted by Crippen LogP contribution is -2.17. The van der Waals surface area contributed by atoms with E-state index in [-0.39, 0.29) is 5.92 Å². The second-order valence-corrected chi connectivity index (χ2v) is 8.34. The topological polar surface area (TPSA) is 71.1 Å². The van der Waals surface area contributed by atoms with Crippen molar-refractivity contribution in [2.45, 2.75) is 38.1 Å². The number of anilines is 1. The van der Waals surface area contributed by atoms with E-state index in [0.29, 0.717) is 16.6 Å². The quantitative estimate of drug-likeness (QED) is 0.808. The number of rotatable bonds is 7. The maximum atomic E-state index is 12.5. The molecule has 0 amide bonds. The van der Waals surface area contributed by atoms with Gasteiger partial charge in [0.25, 0.3) is 10.0 Å². The average Bonchev–Trinajstić information content (AvgIpc) is 3.04. The lowest BCUT2D eigenvalue weighted by atomic mass is 10.2. The monoisotopic (exact) mass is 345 g/mol. The molecular formula is C13H19N3O2S3. The largest absolute Gasteiger partial charge is 0.312 e. The lowest BCUT2D eigenvalue weighted by Gasteiger charge is -2.07. The van der Waals surface area contributed by atoms with Gasteiger partial charge in [0.05, 0.1) is 5.69 Å². The zero-order valence-corrected chi connectivity index (χ0v) is 14.7. The molecule has 0 unspecified atom stereocenters. The highest BCUT2D eigenvalue weighted by Crippen LogP contribution is 2.27. The highest BCUT2D eigenvalue weighted by atomic mass is 32.2. The number of nitrogens with one attached hydrogen (secondary N) is 2.